The van der Waals surface area contributed by atoms with Crippen LogP contribution in [0.25, 0.3) is 0 Å². The fourth-order valence-corrected chi connectivity index (χ4v) is 3.67. The van der Waals surface area contributed by atoms with Gasteiger partial charge in [0.1, 0.15) is 0 Å². The van der Waals surface area contributed by atoms with Gasteiger partial charge in [0, 0.05) is 25.7 Å². The summed E-state index contributed by atoms with van der Waals surface area (Å²) in [7, 11) is 0. The third-order valence-corrected chi connectivity index (χ3v) is 4.48. The Labute approximate surface area is 112 Å². The van der Waals surface area contributed by atoms with E-state index >= 15 is 0 Å². The number of hydrogen-bond donors (Lipinski definition) is 1. The van der Waals surface area contributed by atoms with Crippen LogP contribution < -0.4 is 5.32 Å². The SMILES string of the molecule is CCNC1CCCC1CN1CCCC(OCC)C1. The van der Waals surface area contributed by atoms with Gasteiger partial charge in [-0.05, 0) is 51.6 Å². The van der Waals surface area contributed by atoms with Crippen molar-refractivity contribution in [1.29, 1.82) is 0 Å². The van der Waals surface area contributed by atoms with Gasteiger partial charge in [0.15, 0.2) is 0 Å². The van der Waals surface area contributed by atoms with Crippen LogP contribution in [0.4, 0.5) is 0 Å². The summed E-state index contributed by atoms with van der Waals surface area (Å²) in [6.07, 6.45) is 7.25. The van der Waals surface area contributed by atoms with E-state index in [9.17, 15) is 0 Å². The third kappa shape index (κ3) is 3.94. The molecule has 3 heteroatoms. The first kappa shape index (κ1) is 14.3. The lowest BCUT2D eigenvalue weighted by atomic mass is 10.0. The normalized spacial score (nSPS) is 34.0. The van der Waals surface area contributed by atoms with Crippen molar-refractivity contribution in [3.8, 4) is 0 Å². The van der Waals surface area contributed by atoms with Gasteiger partial charge in [-0.15, -0.1) is 0 Å². The molecule has 0 aromatic heterocycles. The van der Waals surface area contributed by atoms with Crippen LogP contribution >= 0.6 is 0 Å². The van der Waals surface area contributed by atoms with Gasteiger partial charge in [-0.2, -0.15) is 0 Å². The Morgan fingerprint density at radius 1 is 1.17 bits per heavy atom. The molecule has 2 rings (SSSR count). The average Bonchev–Trinajstić information content (AvgIpc) is 2.78. The highest BCUT2D eigenvalue weighted by Gasteiger charge is 2.30. The van der Waals surface area contributed by atoms with Crippen LogP contribution in [0.15, 0.2) is 0 Å². The first-order valence-electron chi connectivity index (χ1n) is 7.90. The van der Waals surface area contributed by atoms with Crippen LogP contribution in [-0.4, -0.2) is 49.8 Å². The van der Waals surface area contributed by atoms with E-state index in [0.717, 1.165) is 31.7 Å². The monoisotopic (exact) mass is 254 g/mol. The molecule has 3 unspecified atom stereocenters. The Kier molecular flexibility index (Phi) is 5.93. The summed E-state index contributed by atoms with van der Waals surface area (Å²) < 4.78 is 5.79. The number of nitrogens with one attached hydrogen (secondary N) is 1. The second-order valence-corrected chi connectivity index (χ2v) is 5.83. The molecule has 1 N–H and O–H groups in total. The summed E-state index contributed by atoms with van der Waals surface area (Å²) in [5.74, 6) is 0.866. The lowest BCUT2D eigenvalue weighted by Crippen LogP contribution is -2.45. The predicted molar refractivity (Wildman–Crippen MR) is 75.9 cm³/mol. The fourth-order valence-electron chi connectivity index (χ4n) is 3.67. The van der Waals surface area contributed by atoms with Crippen molar-refractivity contribution in [2.24, 2.45) is 5.92 Å². The summed E-state index contributed by atoms with van der Waals surface area (Å²) in [5.41, 5.74) is 0. The number of ether oxygens (including phenoxy) is 1. The van der Waals surface area contributed by atoms with Crippen LogP contribution in [0.1, 0.15) is 46.0 Å². The molecule has 0 amide bonds. The largest absolute Gasteiger partial charge is 0.377 e. The van der Waals surface area contributed by atoms with Crippen LogP contribution in [0, 0.1) is 5.92 Å². The van der Waals surface area contributed by atoms with Crippen molar-refractivity contribution in [2.45, 2.75) is 58.1 Å². The Hall–Kier alpha value is -0.120. The maximum atomic E-state index is 5.79. The average molecular weight is 254 g/mol. The van der Waals surface area contributed by atoms with Gasteiger partial charge in [-0.25, -0.2) is 0 Å². The molecule has 1 saturated heterocycles. The van der Waals surface area contributed by atoms with E-state index in [0.29, 0.717) is 6.10 Å². The number of likely N-dealkylation sites (tertiary alicyclic amines) is 1. The molecule has 106 valence electrons. The summed E-state index contributed by atoms with van der Waals surface area (Å²) in [6, 6.07) is 0.766. The van der Waals surface area contributed by atoms with Crippen LogP contribution in [0.3, 0.4) is 0 Å². The summed E-state index contributed by atoms with van der Waals surface area (Å²) in [6.45, 7) is 10.0. The second kappa shape index (κ2) is 7.46. The van der Waals surface area contributed by atoms with Gasteiger partial charge in [-0.1, -0.05) is 13.3 Å². The molecule has 1 aliphatic heterocycles. The zero-order chi connectivity index (χ0) is 12.8. The maximum Gasteiger partial charge on any atom is 0.0702 e. The molecule has 3 nitrogen and oxygen atoms in total. The van der Waals surface area contributed by atoms with Crippen LogP contribution in [-0.2, 0) is 4.74 Å². The molecular formula is C15H30N2O. The van der Waals surface area contributed by atoms with Crippen LogP contribution in [0.5, 0.6) is 0 Å². The number of hydrogen-bond acceptors (Lipinski definition) is 3. The van der Waals surface area contributed by atoms with E-state index in [-0.39, 0.29) is 0 Å². The van der Waals surface area contributed by atoms with Gasteiger partial charge < -0.3 is 15.0 Å². The molecule has 18 heavy (non-hydrogen) atoms. The predicted octanol–water partition coefficient (Wildman–Crippen LogP) is 2.27. The maximum absolute atomic E-state index is 5.79. The van der Waals surface area contributed by atoms with Crippen molar-refractivity contribution in [2.75, 3.05) is 32.8 Å². The molecule has 0 aromatic carbocycles. The van der Waals surface area contributed by atoms with E-state index < -0.39 is 0 Å². The van der Waals surface area contributed by atoms with E-state index in [4.69, 9.17) is 4.74 Å². The van der Waals surface area contributed by atoms with Crippen LogP contribution in [0.2, 0.25) is 0 Å². The molecule has 0 spiro atoms. The number of nitrogens with zero attached hydrogens (tertiary/aromatic N) is 1. The highest BCUT2D eigenvalue weighted by Crippen LogP contribution is 2.27. The van der Waals surface area contributed by atoms with E-state index in [1.165, 1.54) is 45.2 Å². The van der Waals surface area contributed by atoms with Gasteiger partial charge in [0.2, 0.25) is 0 Å². The lowest BCUT2D eigenvalue weighted by Gasteiger charge is -2.35. The highest BCUT2D eigenvalue weighted by molar-refractivity contribution is 4.86. The van der Waals surface area contributed by atoms with E-state index in [2.05, 4.69) is 24.1 Å². The second-order valence-electron chi connectivity index (χ2n) is 5.83. The minimum absolute atomic E-state index is 0.489. The number of piperidine rings is 1. The molecular weight excluding hydrogens is 224 g/mol. The zero-order valence-corrected chi connectivity index (χ0v) is 12.2. The van der Waals surface area contributed by atoms with E-state index in [1.54, 1.807) is 0 Å². The highest BCUT2D eigenvalue weighted by atomic mass is 16.5. The molecule has 0 aromatic rings. The fraction of sp³-hybridized carbons (Fsp3) is 1.00. The van der Waals surface area contributed by atoms with Gasteiger partial charge >= 0.3 is 0 Å². The standard InChI is InChI=1S/C15H30N2O/c1-3-16-15-9-5-7-13(15)11-17-10-6-8-14(12-17)18-4-2/h13-16H,3-12H2,1-2H3. The van der Waals surface area contributed by atoms with Crippen molar-refractivity contribution >= 4 is 0 Å². The number of rotatable bonds is 6. The summed E-state index contributed by atoms with van der Waals surface area (Å²) in [5, 5.41) is 3.66. The Morgan fingerprint density at radius 2 is 2.06 bits per heavy atom. The smallest absolute Gasteiger partial charge is 0.0702 e. The Morgan fingerprint density at radius 3 is 2.83 bits per heavy atom. The molecule has 0 radical (unpaired) electrons. The van der Waals surface area contributed by atoms with Crippen molar-refractivity contribution < 1.29 is 4.74 Å². The van der Waals surface area contributed by atoms with Gasteiger partial charge in [-0.3, -0.25) is 0 Å². The first-order valence-corrected chi connectivity index (χ1v) is 7.90. The summed E-state index contributed by atoms with van der Waals surface area (Å²) >= 11 is 0. The topological polar surface area (TPSA) is 24.5 Å². The Balaban J connectivity index is 1.77. The Bertz CT molecular complexity index is 233. The van der Waals surface area contributed by atoms with Gasteiger partial charge in [0.05, 0.1) is 6.10 Å². The van der Waals surface area contributed by atoms with Gasteiger partial charge in [0.25, 0.3) is 0 Å². The van der Waals surface area contributed by atoms with Crippen molar-refractivity contribution in [3.05, 3.63) is 0 Å². The molecule has 1 heterocycles. The molecule has 0 bridgehead atoms. The first-order chi connectivity index (χ1) is 8.83. The molecule has 3 atom stereocenters. The van der Waals surface area contributed by atoms with Crippen molar-refractivity contribution in [3.63, 3.8) is 0 Å². The minimum atomic E-state index is 0.489. The lowest BCUT2D eigenvalue weighted by molar-refractivity contribution is 0.00107. The third-order valence-electron chi connectivity index (χ3n) is 4.48. The van der Waals surface area contributed by atoms with Crippen molar-refractivity contribution in [1.82, 2.24) is 10.2 Å². The summed E-state index contributed by atoms with van der Waals surface area (Å²) in [4.78, 5) is 2.64. The quantitative estimate of drug-likeness (QED) is 0.787. The zero-order valence-electron chi connectivity index (χ0n) is 12.2. The molecule has 1 saturated carbocycles. The molecule has 2 aliphatic rings. The van der Waals surface area contributed by atoms with E-state index in [1.807, 2.05) is 0 Å². The molecule has 1 aliphatic carbocycles. The minimum Gasteiger partial charge on any atom is -0.377 e. The molecule has 2 fully saturated rings.